The smallest absolute Gasteiger partial charge is 0.164 e. The molecule has 3 rings (SSSR count). The van der Waals surface area contributed by atoms with Gasteiger partial charge in [-0.3, -0.25) is 4.79 Å². The van der Waals surface area contributed by atoms with E-state index in [-0.39, 0.29) is 18.0 Å². The molecule has 0 unspecified atom stereocenters. The first kappa shape index (κ1) is 15.5. The summed E-state index contributed by atoms with van der Waals surface area (Å²) in [4.78, 5) is 23.3. The van der Waals surface area contributed by atoms with Gasteiger partial charge in [-0.1, -0.05) is 12.1 Å². The molecule has 1 aromatic heterocycles. The van der Waals surface area contributed by atoms with Crippen LogP contribution in [0.2, 0.25) is 0 Å². The zero-order valence-electron chi connectivity index (χ0n) is 12.9. The number of carboxylic acid groups (broad SMARTS) is 1. The molecule has 1 aromatic carbocycles. The number of aliphatic carboxylic acids is 1. The summed E-state index contributed by atoms with van der Waals surface area (Å²) in [6.45, 7) is 2.32. The molecule has 0 saturated heterocycles. The standard InChI is InChI=1S/C18H18FNO3/c1-11-14(9-17(22)23)18-15(3-2-4-16(18)21)20(11)10-12-5-7-13(19)8-6-12/h5-8H,2-4,9-10H2,1H3,(H,22,23)/p-1. The zero-order chi connectivity index (χ0) is 16.6. The highest BCUT2D eigenvalue weighted by molar-refractivity contribution is 6.01. The maximum atomic E-state index is 13.1. The number of fused-ring (bicyclic) bond motifs is 1. The highest BCUT2D eigenvalue weighted by atomic mass is 19.1. The lowest BCUT2D eigenvalue weighted by Gasteiger charge is -2.16. The van der Waals surface area contributed by atoms with Gasteiger partial charge < -0.3 is 14.5 Å². The normalized spacial score (nSPS) is 13.9. The number of benzene rings is 1. The summed E-state index contributed by atoms with van der Waals surface area (Å²) in [6.07, 6.45) is 1.71. The second-order valence-electron chi connectivity index (χ2n) is 5.92. The third-order valence-electron chi connectivity index (χ3n) is 4.43. The van der Waals surface area contributed by atoms with E-state index in [2.05, 4.69) is 0 Å². The lowest BCUT2D eigenvalue weighted by molar-refractivity contribution is -0.304. The van der Waals surface area contributed by atoms with Crippen molar-refractivity contribution in [2.24, 2.45) is 0 Å². The molecule has 0 fully saturated rings. The number of hydrogen-bond donors (Lipinski definition) is 0. The van der Waals surface area contributed by atoms with E-state index in [1.807, 2.05) is 11.5 Å². The van der Waals surface area contributed by atoms with Gasteiger partial charge in [-0.25, -0.2) is 4.39 Å². The summed E-state index contributed by atoms with van der Waals surface area (Å²) in [6, 6.07) is 6.19. The van der Waals surface area contributed by atoms with Crippen LogP contribution in [0.5, 0.6) is 0 Å². The second kappa shape index (κ2) is 5.99. The molecular weight excluding hydrogens is 297 g/mol. The summed E-state index contributed by atoms with van der Waals surface area (Å²) in [5, 5.41) is 11.0. The Labute approximate surface area is 133 Å². The molecule has 0 atom stereocenters. The van der Waals surface area contributed by atoms with E-state index in [0.717, 1.165) is 29.8 Å². The fraction of sp³-hybridized carbons (Fsp3) is 0.333. The molecule has 0 radical (unpaired) electrons. The third-order valence-corrected chi connectivity index (χ3v) is 4.43. The maximum Gasteiger partial charge on any atom is 0.164 e. The van der Waals surface area contributed by atoms with Crippen LogP contribution in [0.15, 0.2) is 24.3 Å². The predicted octanol–water partition coefficient (Wildman–Crippen LogP) is 1.80. The van der Waals surface area contributed by atoms with Crippen LogP contribution in [-0.4, -0.2) is 16.3 Å². The van der Waals surface area contributed by atoms with Crippen molar-refractivity contribution in [3.05, 3.63) is 58.2 Å². The lowest BCUT2D eigenvalue weighted by atomic mass is 9.92. The van der Waals surface area contributed by atoms with Gasteiger partial charge >= 0.3 is 0 Å². The third kappa shape index (κ3) is 2.91. The first-order valence-electron chi connectivity index (χ1n) is 7.65. The van der Waals surface area contributed by atoms with Crippen LogP contribution in [0.4, 0.5) is 4.39 Å². The number of carbonyl (C=O) groups excluding carboxylic acids is 2. The molecule has 0 spiro atoms. The highest BCUT2D eigenvalue weighted by Crippen LogP contribution is 2.31. The van der Waals surface area contributed by atoms with E-state index in [4.69, 9.17) is 0 Å². The minimum Gasteiger partial charge on any atom is -0.550 e. The molecule has 4 nitrogen and oxygen atoms in total. The topological polar surface area (TPSA) is 62.1 Å². The van der Waals surface area contributed by atoms with Gasteiger partial charge in [0, 0.05) is 42.3 Å². The minimum atomic E-state index is -1.19. The molecule has 0 N–H and O–H groups in total. The Morgan fingerprint density at radius 2 is 1.96 bits per heavy atom. The molecule has 2 aromatic rings. The quantitative estimate of drug-likeness (QED) is 0.864. The van der Waals surface area contributed by atoms with E-state index in [1.165, 1.54) is 12.1 Å². The van der Waals surface area contributed by atoms with Gasteiger partial charge in [0.25, 0.3) is 0 Å². The average molecular weight is 314 g/mol. The number of carboxylic acids is 1. The van der Waals surface area contributed by atoms with E-state index in [1.54, 1.807) is 12.1 Å². The van der Waals surface area contributed by atoms with Crippen LogP contribution < -0.4 is 5.11 Å². The first-order valence-corrected chi connectivity index (χ1v) is 7.65. The predicted molar refractivity (Wildman–Crippen MR) is 80.7 cm³/mol. The van der Waals surface area contributed by atoms with Crippen LogP contribution in [0.3, 0.4) is 0 Å². The molecule has 0 amide bonds. The molecule has 1 aliphatic rings. The number of nitrogens with zero attached hydrogens (tertiary/aromatic N) is 1. The van der Waals surface area contributed by atoms with Gasteiger partial charge in [-0.15, -0.1) is 0 Å². The van der Waals surface area contributed by atoms with Crippen molar-refractivity contribution in [1.82, 2.24) is 4.57 Å². The van der Waals surface area contributed by atoms with Gasteiger partial charge in [-0.05, 0) is 43.0 Å². The Balaban J connectivity index is 2.07. The van der Waals surface area contributed by atoms with E-state index in [9.17, 15) is 19.1 Å². The van der Waals surface area contributed by atoms with Crippen molar-refractivity contribution >= 4 is 11.8 Å². The second-order valence-corrected chi connectivity index (χ2v) is 5.92. The Morgan fingerprint density at radius 1 is 1.26 bits per heavy atom. The Kier molecular flexibility index (Phi) is 4.03. The van der Waals surface area contributed by atoms with Crippen molar-refractivity contribution in [3.8, 4) is 0 Å². The number of Topliss-reactive ketones (excluding diaryl/α,β-unsaturated/α-hetero) is 1. The molecule has 0 aliphatic heterocycles. The Morgan fingerprint density at radius 3 is 2.61 bits per heavy atom. The minimum absolute atomic E-state index is 0.00320. The number of rotatable bonds is 4. The molecule has 5 heteroatoms. The highest BCUT2D eigenvalue weighted by Gasteiger charge is 2.27. The van der Waals surface area contributed by atoms with Gasteiger partial charge in [0.05, 0.1) is 0 Å². The molecule has 1 aliphatic carbocycles. The van der Waals surface area contributed by atoms with Crippen molar-refractivity contribution in [2.45, 2.75) is 39.2 Å². The van der Waals surface area contributed by atoms with Crippen molar-refractivity contribution < 1.29 is 19.1 Å². The summed E-state index contributed by atoms with van der Waals surface area (Å²) >= 11 is 0. The summed E-state index contributed by atoms with van der Waals surface area (Å²) in [7, 11) is 0. The monoisotopic (exact) mass is 314 g/mol. The molecule has 0 saturated carbocycles. The van der Waals surface area contributed by atoms with Gasteiger partial charge in [0.2, 0.25) is 0 Å². The number of hydrogen-bond acceptors (Lipinski definition) is 3. The van der Waals surface area contributed by atoms with Crippen LogP contribution in [0.25, 0.3) is 0 Å². The maximum absolute atomic E-state index is 13.1. The molecule has 0 bridgehead atoms. The van der Waals surface area contributed by atoms with Crippen LogP contribution in [-0.2, 0) is 24.2 Å². The summed E-state index contributed by atoms with van der Waals surface area (Å²) < 4.78 is 15.0. The number of aromatic nitrogens is 1. The fourth-order valence-electron chi connectivity index (χ4n) is 3.33. The molecule has 1 heterocycles. The molecular formula is C18H17FNO3-. The van der Waals surface area contributed by atoms with Gasteiger partial charge in [0.1, 0.15) is 5.82 Å². The largest absolute Gasteiger partial charge is 0.550 e. The number of halogens is 1. The zero-order valence-corrected chi connectivity index (χ0v) is 12.9. The van der Waals surface area contributed by atoms with Crippen LogP contribution in [0.1, 0.15) is 45.7 Å². The summed E-state index contributed by atoms with van der Waals surface area (Å²) in [5.74, 6) is -1.48. The van der Waals surface area contributed by atoms with Gasteiger partial charge in [0.15, 0.2) is 5.78 Å². The van der Waals surface area contributed by atoms with E-state index in [0.29, 0.717) is 24.1 Å². The van der Waals surface area contributed by atoms with Crippen molar-refractivity contribution in [2.75, 3.05) is 0 Å². The Bertz CT molecular complexity index is 775. The van der Waals surface area contributed by atoms with E-state index >= 15 is 0 Å². The van der Waals surface area contributed by atoms with E-state index < -0.39 is 5.97 Å². The molecule has 120 valence electrons. The fourth-order valence-corrected chi connectivity index (χ4v) is 3.33. The van der Waals surface area contributed by atoms with Crippen molar-refractivity contribution in [3.63, 3.8) is 0 Å². The molecule has 23 heavy (non-hydrogen) atoms. The van der Waals surface area contributed by atoms with Crippen LogP contribution in [0, 0.1) is 12.7 Å². The van der Waals surface area contributed by atoms with Crippen LogP contribution >= 0.6 is 0 Å². The van der Waals surface area contributed by atoms with Gasteiger partial charge in [-0.2, -0.15) is 0 Å². The lowest BCUT2D eigenvalue weighted by Crippen LogP contribution is -2.25. The summed E-state index contributed by atoms with van der Waals surface area (Å²) in [5.41, 5.74) is 3.69. The number of ketones is 1. The Hall–Kier alpha value is -2.43. The SMILES string of the molecule is Cc1c(CC(=O)[O-])c2c(n1Cc1ccc(F)cc1)CCCC2=O. The average Bonchev–Trinajstić information content (AvgIpc) is 2.76. The first-order chi connectivity index (χ1) is 11.0. The number of carbonyl (C=O) groups is 2. The van der Waals surface area contributed by atoms with Crippen molar-refractivity contribution in [1.29, 1.82) is 0 Å².